The monoisotopic (exact) mass is 316 g/mol. The first-order valence-electron chi connectivity index (χ1n) is 7.76. The van der Waals surface area contributed by atoms with Crippen molar-refractivity contribution in [2.75, 3.05) is 0 Å². The lowest BCUT2D eigenvalue weighted by molar-refractivity contribution is 0.0998. The minimum absolute atomic E-state index is 0.174. The Balaban J connectivity index is 2.37. The third kappa shape index (κ3) is 3.55. The predicted molar refractivity (Wildman–Crippen MR) is 92.4 cm³/mol. The summed E-state index contributed by atoms with van der Waals surface area (Å²) in [6.07, 6.45) is 2.32. The van der Waals surface area contributed by atoms with Crippen LogP contribution in [0, 0.1) is 13.8 Å². The molecule has 0 saturated carbocycles. The molecule has 3 nitrogen and oxygen atoms in total. The summed E-state index contributed by atoms with van der Waals surface area (Å²) in [7, 11) is 1.98. The van der Waals surface area contributed by atoms with E-state index in [0.717, 1.165) is 23.2 Å². The normalized spacial score (nSPS) is 13.4. The number of hydrogen-bond donors (Lipinski definition) is 0. The van der Waals surface area contributed by atoms with Gasteiger partial charge >= 0.3 is 0 Å². The van der Waals surface area contributed by atoms with Crippen molar-refractivity contribution >= 4 is 17.2 Å². The number of thiazole rings is 1. The summed E-state index contributed by atoms with van der Waals surface area (Å²) in [6.45, 7) is 8.56. The van der Waals surface area contributed by atoms with Gasteiger partial charge in [0.25, 0.3) is 5.91 Å². The molecule has 22 heavy (non-hydrogen) atoms. The molecule has 0 N–H and O–H groups in total. The minimum atomic E-state index is -0.174. The van der Waals surface area contributed by atoms with E-state index in [0.29, 0.717) is 11.5 Å². The number of carbonyl (C=O) groups is 1. The van der Waals surface area contributed by atoms with Gasteiger partial charge in [0.2, 0.25) is 0 Å². The Labute approximate surface area is 136 Å². The third-order valence-electron chi connectivity index (χ3n) is 4.01. The zero-order chi connectivity index (χ0) is 16.3. The maximum atomic E-state index is 12.3. The second-order valence-corrected chi connectivity index (χ2v) is 6.88. The summed E-state index contributed by atoms with van der Waals surface area (Å²) >= 11 is 1.64. The molecule has 0 fully saturated rings. The molecule has 0 radical (unpaired) electrons. The Kier molecular flexibility index (Phi) is 5.35. The van der Waals surface area contributed by atoms with Crippen molar-refractivity contribution < 1.29 is 4.79 Å². The second kappa shape index (κ2) is 7.05. The number of aryl methyl sites for hydroxylation is 1. The first kappa shape index (κ1) is 16.7. The molecule has 1 amide bonds. The van der Waals surface area contributed by atoms with Crippen LogP contribution >= 0.6 is 11.3 Å². The van der Waals surface area contributed by atoms with Gasteiger partial charge in [0, 0.05) is 23.2 Å². The highest BCUT2D eigenvalue weighted by Crippen LogP contribution is 2.26. The topological polar surface area (TPSA) is 34.4 Å². The molecule has 2 rings (SSSR count). The van der Waals surface area contributed by atoms with Gasteiger partial charge in [-0.15, -0.1) is 11.3 Å². The lowest BCUT2D eigenvalue weighted by atomic mass is 10.0. The van der Waals surface area contributed by atoms with Crippen LogP contribution in [0.25, 0.3) is 0 Å². The molecule has 0 spiro atoms. The van der Waals surface area contributed by atoms with Crippen LogP contribution in [0.4, 0.5) is 0 Å². The number of nitrogens with zero attached hydrogens (tertiary/aromatic N) is 2. The van der Waals surface area contributed by atoms with Crippen LogP contribution in [-0.4, -0.2) is 10.5 Å². The van der Waals surface area contributed by atoms with Crippen molar-refractivity contribution in [3.8, 4) is 0 Å². The van der Waals surface area contributed by atoms with Crippen molar-refractivity contribution in [3.05, 3.63) is 50.8 Å². The highest BCUT2D eigenvalue weighted by Gasteiger charge is 2.14. The van der Waals surface area contributed by atoms with Crippen LogP contribution in [0.15, 0.2) is 29.3 Å². The quantitative estimate of drug-likeness (QED) is 0.826. The molecule has 0 aliphatic heterocycles. The van der Waals surface area contributed by atoms with Crippen LogP contribution in [0.3, 0.4) is 0 Å². The van der Waals surface area contributed by atoms with E-state index in [9.17, 15) is 4.79 Å². The van der Waals surface area contributed by atoms with Gasteiger partial charge in [-0.05, 0) is 38.3 Å². The molecule has 0 aliphatic rings. The molecule has 0 aliphatic carbocycles. The molecular formula is C18H24N2OS. The van der Waals surface area contributed by atoms with Crippen LogP contribution < -0.4 is 4.80 Å². The number of benzene rings is 1. The number of amides is 1. The predicted octanol–water partition coefficient (Wildman–Crippen LogP) is 4.35. The van der Waals surface area contributed by atoms with E-state index in [2.05, 4.69) is 25.8 Å². The number of carbonyl (C=O) groups excluding carboxylic acids is 1. The van der Waals surface area contributed by atoms with Gasteiger partial charge in [-0.1, -0.05) is 38.0 Å². The molecular weight excluding hydrogens is 292 g/mol. The van der Waals surface area contributed by atoms with Crippen molar-refractivity contribution in [1.29, 1.82) is 0 Å². The average molecular weight is 316 g/mol. The van der Waals surface area contributed by atoms with E-state index < -0.39 is 0 Å². The van der Waals surface area contributed by atoms with Gasteiger partial charge in [0.15, 0.2) is 4.80 Å². The van der Waals surface area contributed by atoms with Gasteiger partial charge in [-0.3, -0.25) is 4.79 Å². The van der Waals surface area contributed by atoms with Crippen LogP contribution in [0.5, 0.6) is 0 Å². The SMILES string of the molecule is CCC[C@@H](C)c1sc(=NC(=O)c2ccc(C)cc2)n(C)c1C. The first-order chi connectivity index (χ1) is 10.4. The summed E-state index contributed by atoms with van der Waals surface area (Å²) in [5.74, 6) is 0.339. The van der Waals surface area contributed by atoms with Gasteiger partial charge in [-0.25, -0.2) is 0 Å². The van der Waals surface area contributed by atoms with Crippen molar-refractivity contribution in [1.82, 2.24) is 4.57 Å². The van der Waals surface area contributed by atoms with Crippen molar-refractivity contribution in [2.45, 2.75) is 46.5 Å². The molecule has 0 unspecified atom stereocenters. The van der Waals surface area contributed by atoms with Gasteiger partial charge in [-0.2, -0.15) is 4.99 Å². The molecule has 1 aromatic heterocycles. The fourth-order valence-electron chi connectivity index (χ4n) is 2.52. The van der Waals surface area contributed by atoms with E-state index in [4.69, 9.17) is 0 Å². The molecule has 118 valence electrons. The fraction of sp³-hybridized carbons (Fsp3) is 0.444. The molecule has 1 atom stereocenters. The summed E-state index contributed by atoms with van der Waals surface area (Å²) in [5, 5.41) is 0. The zero-order valence-corrected chi connectivity index (χ0v) is 14.8. The van der Waals surface area contributed by atoms with Gasteiger partial charge in [0.1, 0.15) is 0 Å². The lowest BCUT2D eigenvalue weighted by Gasteiger charge is -2.08. The van der Waals surface area contributed by atoms with Gasteiger partial charge in [0.05, 0.1) is 0 Å². The zero-order valence-electron chi connectivity index (χ0n) is 14.0. The third-order valence-corrected chi connectivity index (χ3v) is 5.48. The summed E-state index contributed by atoms with van der Waals surface area (Å²) < 4.78 is 2.03. The van der Waals surface area contributed by atoms with E-state index in [1.165, 1.54) is 10.6 Å². The summed E-state index contributed by atoms with van der Waals surface area (Å²) in [6, 6.07) is 7.55. The Bertz CT molecular complexity index is 723. The smallest absolute Gasteiger partial charge is 0.279 e. The Morgan fingerprint density at radius 1 is 1.27 bits per heavy atom. The molecule has 1 aromatic carbocycles. The number of hydrogen-bond acceptors (Lipinski definition) is 2. The van der Waals surface area contributed by atoms with Crippen molar-refractivity contribution in [3.63, 3.8) is 0 Å². The largest absolute Gasteiger partial charge is 0.324 e. The van der Waals surface area contributed by atoms with E-state index in [1.54, 1.807) is 11.3 Å². The first-order valence-corrected chi connectivity index (χ1v) is 8.57. The maximum absolute atomic E-state index is 12.3. The number of aromatic nitrogens is 1. The average Bonchev–Trinajstić information content (AvgIpc) is 2.76. The molecule has 2 aromatic rings. The van der Waals surface area contributed by atoms with Gasteiger partial charge < -0.3 is 4.57 Å². The molecule has 1 heterocycles. The van der Waals surface area contributed by atoms with Crippen molar-refractivity contribution in [2.24, 2.45) is 12.0 Å². The van der Waals surface area contributed by atoms with E-state index in [1.807, 2.05) is 42.8 Å². The number of rotatable bonds is 4. The highest BCUT2D eigenvalue weighted by molar-refractivity contribution is 7.09. The standard InChI is InChI=1S/C18H24N2OS/c1-6-7-13(3)16-14(4)20(5)18(22-16)19-17(21)15-10-8-12(2)9-11-15/h8-11,13H,6-7H2,1-5H3/t13-/m1/s1. The molecule has 0 saturated heterocycles. The lowest BCUT2D eigenvalue weighted by Crippen LogP contribution is -2.14. The highest BCUT2D eigenvalue weighted by atomic mass is 32.1. The summed E-state index contributed by atoms with van der Waals surface area (Å²) in [4.78, 5) is 18.8. The van der Waals surface area contributed by atoms with Crippen LogP contribution in [0.2, 0.25) is 0 Å². The minimum Gasteiger partial charge on any atom is -0.324 e. The Morgan fingerprint density at radius 3 is 2.50 bits per heavy atom. The van der Waals surface area contributed by atoms with E-state index >= 15 is 0 Å². The van der Waals surface area contributed by atoms with E-state index in [-0.39, 0.29) is 5.91 Å². The van der Waals surface area contributed by atoms with Crippen LogP contribution in [-0.2, 0) is 7.05 Å². The maximum Gasteiger partial charge on any atom is 0.279 e. The Hall–Kier alpha value is -1.68. The Morgan fingerprint density at radius 2 is 1.91 bits per heavy atom. The second-order valence-electron chi connectivity index (χ2n) is 5.87. The fourth-order valence-corrected chi connectivity index (χ4v) is 3.72. The van der Waals surface area contributed by atoms with Crippen LogP contribution in [0.1, 0.15) is 59.1 Å². The molecule has 4 heteroatoms. The summed E-state index contributed by atoms with van der Waals surface area (Å²) in [5.41, 5.74) is 2.99. The molecule has 0 bridgehead atoms.